The molecule has 2 aliphatic rings. The van der Waals surface area contributed by atoms with Gasteiger partial charge in [-0.25, -0.2) is 0 Å². The smallest absolute Gasteiger partial charge is 0.175 e. The van der Waals surface area contributed by atoms with Gasteiger partial charge in [-0.15, -0.1) is 0 Å². The first kappa shape index (κ1) is 29.8. The van der Waals surface area contributed by atoms with Crippen LogP contribution < -0.4 is 14.4 Å². The Morgan fingerprint density at radius 3 is 1.96 bits per heavy atom. The first-order valence-electron chi connectivity index (χ1n) is 15.4. The fraction of sp³-hybridized carbons (Fsp3) is 0.205. The average Bonchev–Trinajstić information content (AvgIpc) is 3.08. The van der Waals surface area contributed by atoms with E-state index in [0.717, 1.165) is 51.7 Å². The highest BCUT2D eigenvalue weighted by molar-refractivity contribution is 9.10. The van der Waals surface area contributed by atoms with Gasteiger partial charge in [-0.3, -0.25) is 4.99 Å². The third-order valence-corrected chi connectivity index (χ3v) is 10.0. The van der Waals surface area contributed by atoms with E-state index in [0.29, 0.717) is 29.9 Å². The minimum Gasteiger partial charge on any atom is -0.493 e. The second kappa shape index (κ2) is 13.2. The molecule has 0 N–H and O–H groups in total. The van der Waals surface area contributed by atoms with E-state index in [-0.39, 0.29) is 0 Å². The van der Waals surface area contributed by atoms with Gasteiger partial charge >= 0.3 is 0 Å². The van der Waals surface area contributed by atoms with Gasteiger partial charge < -0.3 is 14.4 Å². The zero-order chi connectivity index (χ0) is 30.8. The van der Waals surface area contributed by atoms with Crippen molar-refractivity contribution in [2.24, 2.45) is 4.99 Å². The molecule has 6 heteroatoms. The Morgan fingerprint density at radius 1 is 0.778 bits per heavy atom. The number of hydrogen-bond donors (Lipinski definition) is 0. The summed E-state index contributed by atoms with van der Waals surface area (Å²) in [4.78, 5) is 7.68. The Labute approximate surface area is 282 Å². The number of anilines is 1. The van der Waals surface area contributed by atoms with Crippen LogP contribution in [0.4, 0.5) is 11.4 Å². The molecule has 0 fully saturated rings. The average molecular weight is 723 g/mol. The predicted molar refractivity (Wildman–Crippen MR) is 191 cm³/mol. The summed E-state index contributed by atoms with van der Waals surface area (Å²) < 4.78 is 13.8. The lowest BCUT2D eigenvalue weighted by atomic mass is 9.76. The van der Waals surface area contributed by atoms with Crippen LogP contribution in [0, 0.1) is 0 Å². The molecule has 0 radical (unpaired) electrons. The summed E-state index contributed by atoms with van der Waals surface area (Å²) in [6, 6.07) is 38.6. The zero-order valence-corrected chi connectivity index (χ0v) is 28.3. The maximum absolute atomic E-state index is 6.18. The predicted octanol–water partition coefficient (Wildman–Crippen LogP) is 10.4. The van der Waals surface area contributed by atoms with E-state index in [1.165, 1.54) is 27.9 Å². The molecule has 5 aromatic rings. The fourth-order valence-corrected chi connectivity index (χ4v) is 7.59. The number of nitrogens with zero attached hydrogens (tertiary/aromatic N) is 2. The van der Waals surface area contributed by atoms with Crippen molar-refractivity contribution in [1.29, 1.82) is 0 Å². The second-order valence-corrected chi connectivity index (χ2v) is 13.4. The Morgan fingerprint density at radius 2 is 1.38 bits per heavy atom. The van der Waals surface area contributed by atoms with E-state index in [9.17, 15) is 0 Å². The van der Waals surface area contributed by atoms with Gasteiger partial charge in [0.25, 0.3) is 0 Å². The molecule has 2 aliphatic heterocycles. The summed E-state index contributed by atoms with van der Waals surface area (Å²) in [5, 5.41) is 0. The molecule has 2 atom stereocenters. The van der Waals surface area contributed by atoms with Crippen LogP contribution in [0.25, 0.3) is 0 Å². The summed E-state index contributed by atoms with van der Waals surface area (Å²) in [5.41, 5.74) is 9.90. The summed E-state index contributed by atoms with van der Waals surface area (Å²) in [6.07, 6.45) is 4.13. The number of methoxy groups -OCH3 is 1. The lowest BCUT2D eigenvalue weighted by molar-refractivity contribution is 0.282. The van der Waals surface area contributed by atoms with Crippen molar-refractivity contribution < 1.29 is 9.47 Å². The Hall–Kier alpha value is -3.87. The molecule has 0 aliphatic carbocycles. The van der Waals surface area contributed by atoms with Gasteiger partial charge in [0.15, 0.2) is 11.5 Å². The molecule has 0 spiro atoms. The minimum atomic E-state index is 0.345. The lowest BCUT2D eigenvalue weighted by Crippen LogP contribution is -2.37. The SMILES string of the molecule is COc1cc(C=Nc2cc3c4c(c2)[C@H](c2ccccc2)CCN4CC[C@@H]3c2ccccc2)cc(Br)c1OCc1ccc(Br)cc1. The quantitative estimate of drug-likeness (QED) is 0.150. The van der Waals surface area contributed by atoms with Crippen molar-refractivity contribution in [1.82, 2.24) is 0 Å². The zero-order valence-electron chi connectivity index (χ0n) is 25.1. The van der Waals surface area contributed by atoms with Crippen molar-refractivity contribution in [3.05, 3.63) is 152 Å². The van der Waals surface area contributed by atoms with Crippen molar-refractivity contribution in [3.63, 3.8) is 0 Å². The molecule has 0 saturated carbocycles. The molecule has 0 unspecified atom stereocenters. The van der Waals surface area contributed by atoms with Crippen molar-refractivity contribution >= 4 is 49.4 Å². The highest BCUT2D eigenvalue weighted by Gasteiger charge is 2.35. The third kappa shape index (κ3) is 6.31. The second-order valence-electron chi connectivity index (χ2n) is 11.7. The highest BCUT2D eigenvalue weighted by atomic mass is 79.9. The maximum atomic E-state index is 6.18. The minimum absolute atomic E-state index is 0.345. The number of hydrogen-bond acceptors (Lipinski definition) is 4. The van der Waals surface area contributed by atoms with Gasteiger partial charge in [0, 0.05) is 41.3 Å². The molecular weight excluding hydrogens is 688 g/mol. The number of halogens is 2. The lowest BCUT2D eigenvalue weighted by Gasteiger charge is -2.43. The molecule has 0 amide bonds. The van der Waals surface area contributed by atoms with Crippen molar-refractivity contribution in [2.75, 3.05) is 25.1 Å². The van der Waals surface area contributed by atoms with E-state index in [1.807, 2.05) is 42.6 Å². The van der Waals surface area contributed by atoms with Crippen LogP contribution in [-0.4, -0.2) is 26.4 Å². The van der Waals surface area contributed by atoms with Crippen LogP contribution in [0.2, 0.25) is 0 Å². The van der Waals surface area contributed by atoms with Crippen LogP contribution >= 0.6 is 31.9 Å². The van der Waals surface area contributed by atoms with E-state index in [2.05, 4.69) is 110 Å². The van der Waals surface area contributed by atoms with Gasteiger partial charge in [-0.05, 0) is 98.6 Å². The number of aliphatic imine (C=N–C) groups is 1. The Kier molecular flexibility index (Phi) is 8.77. The molecule has 0 aromatic heterocycles. The first-order chi connectivity index (χ1) is 22.1. The Balaban J connectivity index is 1.25. The molecule has 2 heterocycles. The van der Waals surface area contributed by atoms with Crippen LogP contribution in [0.3, 0.4) is 0 Å². The van der Waals surface area contributed by atoms with Crippen LogP contribution in [-0.2, 0) is 6.61 Å². The summed E-state index contributed by atoms with van der Waals surface area (Å²) in [5.74, 6) is 2.02. The maximum Gasteiger partial charge on any atom is 0.175 e. The number of benzene rings is 5. The normalized spacial score (nSPS) is 17.3. The monoisotopic (exact) mass is 720 g/mol. The van der Waals surface area contributed by atoms with Gasteiger partial charge in [0.1, 0.15) is 6.61 Å². The Bertz CT molecular complexity index is 1750. The van der Waals surface area contributed by atoms with Gasteiger partial charge in [0.05, 0.1) is 17.3 Å². The van der Waals surface area contributed by atoms with Gasteiger partial charge in [-0.1, -0.05) is 88.7 Å². The van der Waals surface area contributed by atoms with Crippen molar-refractivity contribution in [2.45, 2.75) is 31.3 Å². The standard InChI is InChI=1S/C39H34Br2N2O2/c1-44-37-21-27(20-36(41)39(37)45-25-26-12-14-30(40)15-13-26)24-42-31-22-34-32(28-8-4-2-5-9-28)16-18-43-19-17-33(35(23-31)38(34)43)29-10-6-3-7-11-29/h2-15,20-24,32-33H,16-19,25H2,1H3/t32-,33+. The van der Waals surface area contributed by atoms with Crippen LogP contribution in [0.1, 0.15) is 58.1 Å². The summed E-state index contributed by atoms with van der Waals surface area (Å²) in [6.45, 7) is 2.59. The van der Waals surface area contributed by atoms with E-state index >= 15 is 0 Å². The van der Waals surface area contributed by atoms with E-state index in [1.54, 1.807) is 7.11 Å². The molecule has 7 rings (SSSR count). The molecule has 4 nitrogen and oxygen atoms in total. The number of rotatable bonds is 8. The summed E-state index contributed by atoms with van der Waals surface area (Å²) in [7, 11) is 1.67. The molecular formula is C39H34Br2N2O2. The largest absolute Gasteiger partial charge is 0.493 e. The van der Waals surface area contributed by atoms with Gasteiger partial charge in [0.2, 0.25) is 0 Å². The van der Waals surface area contributed by atoms with Crippen molar-refractivity contribution in [3.8, 4) is 11.5 Å². The first-order valence-corrected chi connectivity index (χ1v) is 17.0. The van der Waals surface area contributed by atoms with Crippen LogP contribution in [0.15, 0.2) is 123 Å². The third-order valence-electron chi connectivity index (χ3n) is 8.91. The van der Waals surface area contributed by atoms with E-state index in [4.69, 9.17) is 14.5 Å². The van der Waals surface area contributed by atoms with Gasteiger partial charge in [-0.2, -0.15) is 0 Å². The molecule has 0 bridgehead atoms. The molecule has 226 valence electrons. The highest BCUT2D eigenvalue weighted by Crippen LogP contribution is 2.50. The molecule has 5 aromatic carbocycles. The molecule has 0 saturated heterocycles. The number of ether oxygens (including phenoxy) is 2. The topological polar surface area (TPSA) is 34.1 Å². The molecule has 45 heavy (non-hydrogen) atoms. The summed E-state index contributed by atoms with van der Waals surface area (Å²) >= 11 is 7.22. The van der Waals surface area contributed by atoms with E-state index < -0.39 is 0 Å². The fourth-order valence-electron chi connectivity index (χ4n) is 6.75. The van der Waals surface area contributed by atoms with Crippen LogP contribution in [0.5, 0.6) is 11.5 Å².